The zero-order valence-electron chi connectivity index (χ0n) is 11.1. The number of hydrogen-bond donors (Lipinski definition) is 1. The van der Waals surface area contributed by atoms with E-state index in [1.54, 1.807) is 0 Å². The molecule has 3 heteroatoms. The molecule has 2 heterocycles. The van der Waals surface area contributed by atoms with Gasteiger partial charge in [-0.25, -0.2) is 4.98 Å². The maximum absolute atomic E-state index is 4.26. The summed E-state index contributed by atoms with van der Waals surface area (Å²) in [5.74, 6) is 0.958. The second-order valence-electron chi connectivity index (χ2n) is 5.10. The zero-order chi connectivity index (χ0) is 12.3. The van der Waals surface area contributed by atoms with E-state index in [9.17, 15) is 0 Å². The predicted molar refractivity (Wildman–Crippen MR) is 72.1 cm³/mol. The van der Waals surface area contributed by atoms with Gasteiger partial charge in [-0.15, -0.1) is 0 Å². The van der Waals surface area contributed by atoms with Crippen LogP contribution in [0.25, 0.3) is 0 Å². The number of pyridine rings is 1. The molecule has 0 radical (unpaired) electrons. The van der Waals surface area contributed by atoms with Gasteiger partial charge in [0.05, 0.1) is 0 Å². The lowest BCUT2D eigenvalue weighted by Gasteiger charge is -2.39. The average Bonchev–Trinajstić information content (AvgIpc) is 2.34. The van der Waals surface area contributed by atoms with Gasteiger partial charge in [0.2, 0.25) is 0 Å². The van der Waals surface area contributed by atoms with Gasteiger partial charge in [-0.1, -0.05) is 6.42 Å². The molecule has 94 valence electrons. The Morgan fingerprint density at radius 3 is 2.71 bits per heavy atom. The van der Waals surface area contributed by atoms with Gasteiger partial charge in [0.15, 0.2) is 0 Å². The van der Waals surface area contributed by atoms with Crippen LogP contribution in [0.15, 0.2) is 18.3 Å². The lowest BCUT2D eigenvalue weighted by Crippen LogP contribution is -2.42. The molecule has 1 aromatic heterocycles. The summed E-state index contributed by atoms with van der Waals surface area (Å²) in [6.07, 6.45) is 5.92. The second kappa shape index (κ2) is 5.50. The first kappa shape index (κ1) is 12.4. The molecule has 2 atom stereocenters. The Labute approximate surface area is 104 Å². The molecular weight excluding hydrogens is 210 g/mol. The molecule has 1 aliphatic heterocycles. The first-order valence-electron chi connectivity index (χ1n) is 6.59. The predicted octanol–water partition coefficient (Wildman–Crippen LogP) is 2.89. The summed E-state index contributed by atoms with van der Waals surface area (Å²) in [6.45, 7) is 5.73. The molecular formula is C14H23N3. The third kappa shape index (κ3) is 2.97. The smallest absolute Gasteiger partial charge is 0.125 e. The van der Waals surface area contributed by atoms with Crippen LogP contribution in [0.2, 0.25) is 0 Å². The Morgan fingerprint density at radius 2 is 2.06 bits per heavy atom. The number of nitrogens with zero attached hydrogens (tertiary/aromatic N) is 2. The third-order valence-corrected chi connectivity index (χ3v) is 3.82. The molecule has 1 fully saturated rings. The van der Waals surface area contributed by atoms with Gasteiger partial charge >= 0.3 is 0 Å². The van der Waals surface area contributed by atoms with E-state index in [0.717, 1.165) is 12.4 Å². The third-order valence-electron chi connectivity index (χ3n) is 3.82. The summed E-state index contributed by atoms with van der Waals surface area (Å²) in [4.78, 5) is 6.87. The van der Waals surface area contributed by atoms with E-state index >= 15 is 0 Å². The van der Waals surface area contributed by atoms with Crippen molar-refractivity contribution in [2.45, 2.75) is 51.7 Å². The molecule has 1 aliphatic rings. The van der Waals surface area contributed by atoms with Crippen LogP contribution in [-0.4, -0.2) is 29.0 Å². The van der Waals surface area contributed by atoms with E-state index in [0.29, 0.717) is 12.1 Å². The van der Waals surface area contributed by atoms with Gasteiger partial charge in [-0.2, -0.15) is 0 Å². The molecule has 0 bridgehead atoms. The minimum absolute atomic E-state index is 0.699. The zero-order valence-corrected chi connectivity index (χ0v) is 11.1. The van der Waals surface area contributed by atoms with Crippen molar-refractivity contribution < 1.29 is 0 Å². The summed E-state index contributed by atoms with van der Waals surface area (Å²) in [6, 6.07) is 5.66. The number of rotatable bonds is 3. The number of aromatic nitrogens is 1. The highest BCUT2D eigenvalue weighted by molar-refractivity contribution is 5.36. The molecule has 1 N–H and O–H groups in total. The molecule has 0 aromatic carbocycles. The molecule has 2 rings (SSSR count). The highest BCUT2D eigenvalue weighted by Crippen LogP contribution is 2.24. The highest BCUT2D eigenvalue weighted by atomic mass is 15.2. The molecule has 3 nitrogen and oxygen atoms in total. The Morgan fingerprint density at radius 1 is 1.35 bits per heavy atom. The summed E-state index contributed by atoms with van der Waals surface area (Å²) in [5, 5.41) is 3.10. The molecule has 17 heavy (non-hydrogen) atoms. The van der Waals surface area contributed by atoms with Crippen LogP contribution >= 0.6 is 0 Å². The van der Waals surface area contributed by atoms with E-state index in [2.05, 4.69) is 41.2 Å². The van der Waals surface area contributed by atoms with Crippen molar-refractivity contribution >= 4 is 5.82 Å². The maximum atomic E-state index is 4.26. The molecule has 2 unspecified atom stereocenters. The number of hydrogen-bond acceptors (Lipinski definition) is 3. The Hall–Kier alpha value is -1.09. The first-order chi connectivity index (χ1) is 8.20. The van der Waals surface area contributed by atoms with Crippen LogP contribution < -0.4 is 5.32 Å². The quantitative estimate of drug-likeness (QED) is 0.870. The fourth-order valence-electron chi connectivity index (χ4n) is 2.71. The monoisotopic (exact) mass is 233 g/mol. The highest BCUT2D eigenvalue weighted by Gasteiger charge is 2.24. The van der Waals surface area contributed by atoms with E-state index in [1.807, 2.05) is 13.2 Å². The van der Waals surface area contributed by atoms with Crippen LogP contribution in [0.5, 0.6) is 0 Å². The van der Waals surface area contributed by atoms with Crippen LogP contribution in [0, 0.1) is 0 Å². The number of nitrogens with one attached hydrogen (secondary N) is 1. The van der Waals surface area contributed by atoms with Crippen LogP contribution in [-0.2, 0) is 6.54 Å². The summed E-state index contributed by atoms with van der Waals surface area (Å²) in [7, 11) is 1.91. The molecule has 1 saturated heterocycles. The normalized spacial score (nSPS) is 25.8. The van der Waals surface area contributed by atoms with Gasteiger partial charge in [-0.3, -0.25) is 4.90 Å². The van der Waals surface area contributed by atoms with E-state index in [4.69, 9.17) is 0 Å². The van der Waals surface area contributed by atoms with Gasteiger partial charge in [0, 0.05) is 31.9 Å². The second-order valence-corrected chi connectivity index (χ2v) is 5.10. The van der Waals surface area contributed by atoms with Crippen LogP contribution in [0.1, 0.15) is 38.7 Å². The minimum Gasteiger partial charge on any atom is -0.373 e. The number of anilines is 1. The van der Waals surface area contributed by atoms with Crippen molar-refractivity contribution in [3.63, 3.8) is 0 Å². The summed E-state index contributed by atoms with van der Waals surface area (Å²) in [5.41, 5.74) is 1.35. The van der Waals surface area contributed by atoms with Gasteiger partial charge in [-0.05, 0) is 44.4 Å². The molecule has 0 aliphatic carbocycles. The number of piperidine rings is 1. The SMILES string of the molecule is CNc1cc(CN2C(C)CCCC2C)ccn1. The molecule has 0 spiro atoms. The Bertz CT molecular complexity index is 354. The van der Waals surface area contributed by atoms with Crippen molar-refractivity contribution in [2.24, 2.45) is 0 Å². The standard InChI is InChI=1S/C14H23N3/c1-11-5-4-6-12(2)17(11)10-13-7-8-16-14(9-13)15-3/h7-9,11-12H,4-6,10H2,1-3H3,(H,15,16). The largest absolute Gasteiger partial charge is 0.373 e. The number of likely N-dealkylation sites (tertiary alicyclic amines) is 1. The van der Waals surface area contributed by atoms with Crippen molar-refractivity contribution in [3.8, 4) is 0 Å². The topological polar surface area (TPSA) is 28.2 Å². The molecule has 0 saturated carbocycles. The van der Waals surface area contributed by atoms with Crippen molar-refractivity contribution in [2.75, 3.05) is 12.4 Å². The first-order valence-corrected chi connectivity index (χ1v) is 6.59. The molecule has 1 aromatic rings. The van der Waals surface area contributed by atoms with Crippen LogP contribution in [0.4, 0.5) is 5.82 Å². The minimum atomic E-state index is 0.699. The van der Waals surface area contributed by atoms with Gasteiger partial charge in [0.25, 0.3) is 0 Å². The van der Waals surface area contributed by atoms with Crippen molar-refractivity contribution in [1.29, 1.82) is 0 Å². The van der Waals surface area contributed by atoms with Crippen molar-refractivity contribution in [3.05, 3.63) is 23.9 Å². The maximum Gasteiger partial charge on any atom is 0.125 e. The van der Waals surface area contributed by atoms with E-state index < -0.39 is 0 Å². The van der Waals surface area contributed by atoms with E-state index in [-0.39, 0.29) is 0 Å². The Balaban J connectivity index is 2.07. The lowest BCUT2D eigenvalue weighted by atomic mass is 9.97. The van der Waals surface area contributed by atoms with E-state index in [1.165, 1.54) is 24.8 Å². The van der Waals surface area contributed by atoms with Crippen molar-refractivity contribution in [1.82, 2.24) is 9.88 Å². The van der Waals surface area contributed by atoms with Gasteiger partial charge < -0.3 is 5.32 Å². The Kier molecular flexibility index (Phi) is 4.00. The van der Waals surface area contributed by atoms with Crippen LogP contribution in [0.3, 0.4) is 0 Å². The average molecular weight is 233 g/mol. The lowest BCUT2D eigenvalue weighted by molar-refractivity contribution is 0.0953. The van der Waals surface area contributed by atoms with Gasteiger partial charge in [0.1, 0.15) is 5.82 Å². The fourth-order valence-corrected chi connectivity index (χ4v) is 2.71. The fraction of sp³-hybridized carbons (Fsp3) is 0.643. The molecule has 0 amide bonds. The summed E-state index contributed by atoms with van der Waals surface area (Å²) < 4.78 is 0. The summed E-state index contributed by atoms with van der Waals surface area (Å²) >= 11 is 0.